The lowest BCUT2D eigenvalue weighted by Crippen LogP contribution is -2.48. The van der Waals surface area contributed by atoms with Crippen LogP contribution < -0.4 is 9.64 Å². The van der Waals surface area contributed by atoms with Crippen molar-refractivity contribution < 1.29 is 4.74 Å². The molecule has 3 nitrogen and oxygen atoms in total. The lowest BCUT2D eigenvalue weighted by molar-refractivity contribution is 0.376. The first-order valence-corrected chi connectivity index (χ1v) is 11.7. The molecule has 166 valence electrons. The van der Waals surface area contributed by atoms with Gasteiger partial charge in [0.05, 0.1) is 5.69 Å². The molecule has 0 saturated carbocycles. The summed E-state index contributed by atoms with van der Waals surface area (Å²) >= 11 is 0. The van der Waals surface area contributed by atoms with Crippen LogP contribution in [0.3, 0.4) is 0 Å². The van der Waals surface area contributed by atoms with Gasteiger partial charge in [-0.1, -0.05) is 37.6 Å². The van der Waals surface area contributed by atoms with Crippen molar-refractivity contribution in [3.63, 3.8) is 0 Å². The highest BCUT2D eigenvalue weighted by molar-refractivity contribution is 5.83. The Morgan fingerprint density at radius 3 is 2.31 bits per heavy atom. The van der Waals surface area contributed by atoms with Crippen LogP contribution in [0.1, 0.15) is 63.1 Å². The SMILES string of the molecule is CCCN1c2ccc(C=Nc3ccc(Oc4ccc(C)cc4)cc3)cc2C(C)CC1(C)C. The molecule has 0 aromatic heterocycles. The summed E-state index contributed by atoms with van der Waals surface area (Å²) in [7, 11) is 0. The molecule has 32 heavy (non-hydrogen) atoms. The minimum Gasteiger partial charge on any atom is -0.457 e. The van der Waals surface area contributed by atoms with Crippen LogP contribution in [0, 0.1) is 6.92 Å². The van der Waals surface area contributed by atoms with Crippen molar-refractivity contribution in [1.29, 1.82) is 0 Å². The summed E-state index contributed by atoms with van der Waals surface area (Å²) in [6.45, 7) is 12.5. The number of nitrogens with zero attached hydrogens (tertiary/aromatic N) is 2. The number of ether oxygens (including phenoxy) is 1. The Hall–Kier alpha value is -3.07. The average molecular weight is 427 g/mol. The van der Waals surface area contributed by atoms with Gasteiger partial charge in [-0.15, -0.1) is 0 Å². The molecule has 1 heterocycles. The van der Waals surface area contributed by atoms with Gasteiger partial charge in [-0.2, -0.15) is 0 Å². The number of anilines is 1. The Morgan fingerprint density at radius 1 is 1.00 bits per heavy atom. The summed E-state index contributed by atoms with van der Waals surface area (Å²) in [5.74, 6) is 2.20. The summed E-state index contributed by atoms with van der Waals surface area (Å²) in [6.07, 6.45) is 4.29. The quantitative estimate of drug-likeness (QED) is 0.373. The highest BCUT2D eigenvalue weighted by atomic mass is 16.5. The number of hydrogen-bond donors (Lipinski definition) is 0. The molecular weight excluding hydrogens is 392 g/mol. The minimum absolute atomic E-state index is 0.195. The number of fused-ring (bicyclic) bond motifs is 1. The average Bonchev–Trinajstić information content (AvgIpc) is 2.77. The minimum atomic E-state index is 0.195. The van der Waals surface area contributed by atoms with Crippen LogP contribution >= 0.6 is 0 Å². The van der Waals surface area contributed by atoms with Gasteiger partial charge in [0, 0.05) is 24.0 Å². The number of benzene rings is 3. The Morgan fingerprint density at radius 2 is 1.66 bits per heavy atom. The number of rotatable bonds is 6. The lowest BCUT2D eigenvalue weighted by atomic mass is 9.79. The summed E-state index contributed by atoms with van der Waals surface area (Å²) < 4.78 is 5.92. The maximum atomic E-state index is 5.92. The third-order valence-electron chi connectivity index (χ3n) is 6.31. The van der Waals surface area contributed by atoms with E-state index in [1.807, 2.05) is 42.6 Å². The molecule has 0 radical (unpaired) electrons. The van der Waals surface area contributed by atoms with Crippen LogP contribution in [0.5, 0.6) is 11.5 Å². The van der Waals surface area contributed by atoms with Crippen molar-refractivity contribution >= 4 is 17.6 Å². The van der Waals surface area contributed by atoms with Gasteiger partial charge in [-0.25, -0.2) is 0 Å². The van der Waals surface area contributed by atoms with E-state index in [1.54, 1.807) is 0 Å². The first-order chi connectivity index (χ1) is 15.4. The highest BCUT2D eigenvalue weighted by Crippen LogP contribution is 2.43. The topological polar surface area (TPSA) is 24.8 Å². The second-order valence-electron chi connectivity index (χ2n) is 9.55. The second kappa shape index (κ2) is 9.20. The fourth-order valence-electron chi connectivity index (χ4n) is 4.73. The van der Waals surface area contributed by atoms with Crippen LogP contribution in [0.2, 0.25) is 0 Å². The van der Waals surface area contributed by atoms with Crippen LogP contribution in [-0.4, -0.2) is 18.3 Å². The normalized spacial score (nSPS) is 17.4. The van der Waals surface area contributed by atoms with Crippen molar-refractivity contribution in [2.45, 2.75) is 58.9 Å². The van der Waals surface area contributed by atoms with Crippen LogP contribution in [0.4, 0.5) is 11.4 Å². The smallest absolute Gasteiger partial charge is 0.127 e. The molecule has 0 N–H and O–H groups in total. The highest BCUT2D eigenvalue weighted by Gasteiger charge is 2.35. The molecule has 3 heteroatoms. The molecule has 1 atom stereocenters. The molecule has 0 fully saturated rings. The van der Waals surface area contributed by atoms with E-state index in [0.717, 1.165) is 35.7 Å². The first-order valence-electron chi connectivity index (χ1n) is 11.7. The van der Waals surface area contributed by atoms with E-state index in [1.165, 1.54) is 23.2 Å². The van der Waals surface area contributed by atoms with Crippen molar-refractivity contribution in [3.8, 4) is 11.5 Å². The monoisotopic (exact) mass is 426 g/mol. The van der Waals surface area contributed by atoms with E-state index in [0.29, 0.717) is 5.92 Å². The zero-order valence-electron chi connectivity index (χ0n) is 19.9. The van der Waals surface area contributed by atoms with Crippen LogP contribution in [-0.2, 0) is 0 Å². The van der Waals surface area contributed by atoms with E-state index in [-0.39, 0.29) is 5.54 Å². The molecule has 1 unspecified atom stereocenters. The van der Waals surface area contributed by atoms with E-state index in [2.05, 4.69) is 69.9 Å². The molecule has 3 aromatic carbocycles. The predicted molar refractivity (Wildman–Crippen MR) is 136 cm³/mol. The maximum absolute atomic E-state index is 5.92. The molecular formula is C29H34N2O. The van der Waals surface area contributed by atoms with E-state index in [9.17, 15) is 0 Å². The van der Waals surface area contributed by atoms with Gasteiger partial charge in [0.1, 0.15) is 11.5 Å². The molecule has 0 saturated heterocycles. The molecule has 1 aliphatic heterocycles. The van der Waals surface area contributed by atoms with Gasteiger partial charge in [-0.05, 0) is 99.2 Å². The first kappa shape index (κ1) is 22.1. The van der Waals surface area contributed by atoms with Gasteiger partial charge in [0.15, 0.2) is 0 Å². The fourth-order valence-corrected chi connectivity index (χ4v) is 4.73. The van der Waals surface area contributed by atoms with Gasteiger partial charge < -0.3 is 9.64 Å². The number of aliphatic imine (C=N–C) groups is 1. The standard InChI is InChI=1S/C29H34N2O/c1-6-17-31-28-16-9-23(18-27(28)22(3)19-29(31,4)5)20-30-24-10-14-26(15-11-24)32-25-12-7-21(2)8-13-25/h7-16,18,20,22H,6,17,19H2,1-5H3. The molecule has 0 aliphatic carbocycles. The molecule has 3 aromatic rings. The molecule has 0 bridgehead atoms. The molecule has 0 spiro atoms. The molecule has 1 aliphatic rings. The number of aryl methyl sites for hydroxylation is 1. The third kappa shape index (κ3) is 4.88. The Kier molecular flexibility index (Phi) is 6.36. The molecule has 4 rings (SSSR count). The Labute approximate surface area is 192 Å². The van der Waals surface area contributed by atoms with Crippen molar-refractivity contribution in [1.82, 2.24) is 0 Å². The van der Waals surface area contributed by atoms with Gasteiger partial charge in [0.2, 0.25) is 0 Å². The summed E-state index contributed by atoms with van der Waals surface area (Å²) in [5, 5.41) is 0. The van der Waals surface area contributed by atoms with Crippen LogP contribution in [0.15, 0.2) is 71.7 Å². The summed E-state index contributed by atoms with van der Waals surface area (Å²) in [6, 6.07) is 22.8. The van der Waals surface area contributed by atoms with Gasteiger partial charge in [0.25, 0.3) is 0 Å². The fraction of sp³-hybridized carbons (Fsp3) is 0.345. The van der Waals surface area contributed by atoms with Crippen molar-refractivity contribution in [2.24, 2.45) is 4.99 Å². The lowest BCUT2D eigenvalue weighted by Gasteiger charge is -2.47. The van der Waals surface area contributed by atoms with E-state index in [4.69, 9.17) is 9.73 Å². The summed E-state index contributed by atoms with van der Waals surface area (Å²) in [4.78, 5) is 7.28. The second-order valence-corrected chi connectivity index (χ2v) is 9.55. The number of hydrogen-bond acceptors (Lipinski definition) is 3. The van der Waals surface area contributed by atoms with Crippen LogP contribution in [0.25, 0.3) is 0 Å². The van der Waals surface area contributed by atoms with Gasteiger partial charge in [-0.3, -0.25) is 4.99 Å². The summed E-state index contributed by atoms with van der Waals surface area (Å²) in [5.41, 5.74) is 6.29. The third-order valence-corrected chi connectivity index (χ3v) is 6.31. The Balaban J connectivity index is 1.49. The van der Waals surface area contributed by atoms with E-state index >= 15 is 0 Å². The molecule has 0 amide bonds. The largest absolute Gasteiger partial charge is 0.457 e. The predicted octanol–water partition coefficient (Wildman–Crippen LogP) is 8.04. The van der Waals surface area contributed by atoms with E-state index < -0.39 is 0 Å². The van der Waals surface area contributed by atoms with Crippen molar-refractivity contribution in [3.05, 3.63) is 83.4 Å². The van der Waals surface area contributed by atoms with Gasteiger partial charge >= 0.3 is 0 Å². The Bertz CT molecular complexity index is 1080. The zero-order valence-corrected chi connectivity index (χ0v) is 19.9. The maximum Gasteiger partial charge on any atom is 0.127 e. The zero-order chi connectivity index (χ0) is 22.7. The van der Waals surface area contributed by atoms with Crippen molar-refractivity contribution in [2.75, 3.05) is 11.4 Å².